The molecule has 5 nitrogen and oxygen atoms in total. The van der Waals surface area contributed by atoms with E-state index in [1.807, 2.05) is 11.7 Å². The van der Waals surface area contributed by atoms with E-state index >= 15 is 0 Å². The van der Waals surface area contributed by atoms with Gasteiger partial charge in [0.15, 0.2) is 0 Å². The molecule has 1 saturated carbocycles. The predicted molar refractivity (Wildman–Crippen MR) is 79.4 cm³/mol. The fourth-order valence-electron chi connectivity index (χ4n) is 3.83. The Morgan fingerprint density at radius 1 is 1.15 bits per heavy atom. The van der Waals surface area contributed by atoms with Crippen molar-refractivity contribution in [3.8, 4) is 0 Å². The van der Waals surface area contributed by atoms with Crippen LogP contribution < -0.4 is 5.32 Å². The third-order valence-electron chi connectivity index (χ3n) is 5.17. The molecule has 5 heteroatoms. The quantitative estimate of drug-likeness (QED) is 0.889. The molecule has 2 fully saturated rings. The van der Waals surface area contributed by atoms with E-state index in [0.717, 1.165) is 30.7 Å². The summed E-state index contributed by atoms with van der Waals surface area (Å²) in [4.78, 5) is 2.60. The molecule has 1 aliphatic heterocycles. The Hall–Kier alpha value is -0.940. The Bertz CT molecular complexity index is 412. The van der Waals surface area contributed by atoms with Crippen molar-refractivity contribution in [2.75, 3.05) is 26.7 Å². The lowest BCUT2D eigenvalue weighted by atomic mass is 9.77. The molecule has 0 aromatic carbocycles. The Morgan fingerprint density at radius 3 is 2.60 bits per heavy atom. The van der Waals surface area contributed by atoms with Crippen molar-refractivity contribution in [2.45, 2.75) is 51.6 Å². The van der Waals surface area contributed by atoms with E-state index in [0.29, 0.717) is 0 Å². The summed E-state index contributed by atoms with van der Waals surface area (Å²) in [5.41, 5.74) is 1.75. The highest BCUT2D eigenvalue weighted by molar-refractivity contribution is 4.92. The van der Waals surface area contributed by atoms with Crippen molar-refractivity contribution in [1.82, 2.24) is 25.2 Å². The summed E-state index contributed by atoms with van der Waals surface area (Å²) in [6.45, 7) is 5.42. The summed E-state index contributed by atoms with van der Waals surface area (Å²) in [5.74, 6) is 0. The summed E-state index contributed by atoms with van der Waals surface area (Å²) >= 11 is 0. The Kier molecular flexibility index (Phi) is 4.36. The van der Waals surface area contributed by atoms with Crippen molar-refractivity contribution in [1.29, 1.82) is 0 Å². The molecule has 112 valence electrons. The molecule has 1 aromatic rings. The van der Waals surface area contributed by atoms with Crippen LogP contribution in [0.25, 0.3) is 0 Å². The van der Waals surface area contributed by atoms with Crippen molar-refractivity contribution in [3.63, 3.8) is 0 Å². The number of likely N-dealkylation sites (tertiary alicyclic amines) is 1. The number of hydrogen-bond acceptors (Lipinski definition) is 4. The van der Waals surface area contributed by atoms with Gasteiger partial charge in [-0.05, 0) is 51.2 Å². The van der Waals surface area contributed by atoms with Crippen molar-refractivity contribution < 1.29 is 0 Å². The van der Waals surface area contributed by atoms with E-state index in [1.165, 1.54) is 51.6 Å². The van der Waals surface area contributed by atoms with Gasteiger partial charge in [-0.2, -0.15) is 0 Å². The molecule has 0 atom stereocenters. The average Bonchev–Trinajstić information content (AvgIpc) is 3.09. The fourth-order valence-corrected chi connectivity index (χ4v) is 3.83. The van der Waals surface area contributed by atoms with Crippen LogP contribution in [0.5, 0.6) is 0 Å². The Labute approximate surface area is 121 Å². The molecular weight excluding hydrogens is 250 g/mol. The molecule has 1 aromatic heterocycles. The van der Waals surface area contributed by atoms with Gasteiger partial charge in [-0.25, -0.2) is 0 Å². The van der Waals surface area contributed by atoms with E-state index in [1.54, 1.807) is 0 Å². The van der Waals surface area contributed by atoms with Crippen LogP contribution in [0.15, 0.2) is 6.20 Å². The molecule has 2 heterocycles. The van der Waals surface area contributed by atoms with Gasteiger partial charge in [0.05, 0.1) is 12.2 Å². The molecule has 0 bridgehead atoms. The van der Waals surface area contributed by atoms with Crippen molar-refractivity contribution in [2.24, 2.45) is 5.41 Å². The van der Waals surface area contributed by atoms with Crippen LogP contribution in [0.3, 0.4) is 0 Å². The zero-order chi connectivity index (χ0) is 13.8. The lowest BCUT2D eigenvalue weighted by Crippen LogP contribution is -2.40. The molecule has 1 spiro atoms. The van der Waals surface area contributed by atoms with Gasteiger partial charge < -0.3 is 10.2 Å². The van der Waals surface area contributed by atoms with E-state index in [-0.39, 0.29) is 0 Å². The van der Waals surface area contributed by atoms with Gasteiger partial charge in [0.25, 0.3) is 0 Å². The third-order valence-corrected chi connectivity index (χ3v) is 5.17. The monoisotopic (exact) mass is 277 g/mol. The van der Waals surface area contributed by atoms with Crippen molar-refractivity contribution in [3.05, 3.63) is 11.9 Å². The Morgan fingerprint density at radius 2 is 1.90 bits per heavy atom. The number of rotatable bonds is 5. The molecule has 2 aliphatic rings. The number of nitrogens with zero attached hydrogens (tertiary/aromatic N) is 4. The molecule has 0 unspecified atom stereocenters. The highest BCUT2D eigenvalue weighted by Crippen LogP contribution is 2.45. The van der Waals surface area contributed by atoms with Crippen LogP contribution in [0.1, 0.15) is 44.2 Å². The van der Waals surface area contributed by atoms with Crippen LogP contribution in [0, 0.1) is 5.41 Å². The molecule has 1 aliphatic carbocycles. The molecule has 0 amide bonds. The second-order valence-corrected chi connectivity index (χ2v) is 6.55. The first-order valence-corrected chi connectivity index (χ1v) is 8.06. The zero-order valence-corrected chi connectivity index (χ0v) is 12.6. The highest BCUT2D eigenvalue weighted by atomic mass is 15.4. The maximum Gasteiger partial charge on any atom is 0.0964 e. The van der Waals surface area contributed by atoms with Crippen molar-refractivity contribution >= 4 is 0 Å². The molecule has 1 N–H and O–H groups in total. The highest BCUT2D eigenvalue weighted by Gasteiger charge is 2.36. The van der Waals surface area contributed by atoms with Gasteiger partial charge in [-0.3, -0.25) is 4.68 Å². The van der Waals surface area contributed by atoms with Gasteiger partial charge >= 0.3 is 0 Å². The lowest BCUT2D eigenvalue weighted by Gasteiger charge is -2.39. The molecule has 0 radical (unpaired) electrons. The predicted octanol–water partition coefficient (Wildman–Crippen LogP) is 1.65. The summed E-state index contributed by atoms with van der Waals surface area (Å²) in [6.07, 6.45) is 10.8. The summed E-state index contributed by atoms with van der Waals surface area (Å²) in [5, 5.41) is 11.5. The van der Waals surface area contributed by atoms with Gasteiger partial charge in [0.1, 0.15) is 0 Å². The Balaban J connectivity index is 1.43. The zero-order valence-electron chi connectivity index (χ0n) is 12.6. The molecule has 20 heavy (non-hydrogen) atoms. The summed E-state index contributed by atoms with van der Waals surface area (Å²) < 4.78 is 1.98. The third kappa shape index (κ3) is 3.20. The van der Waals surface area contributed by atoms with Gasteiger partial charge in [-0.15, -0.1) is 5.10 Å². The first kappa shape index (κ1) is 14.0. The minimum atomic E-state index is 0.726. The second kappa shape index (κ2) is 6.22. The van der Waals surface area contributed by atoms with E-state index in [4.69, 9.17) is 0 Å². The van der Waals surface area contributed by atoms with Gasteiger partial charge in [-0.1, -0.05) is 18.1 Å². The van der Waals surface area contributed by atoms with Crippen LogP contribution in [-0.2, 0) is 13.1 Å². The first-order valence-electron chi connectivity index (χ1n) is 8.06. The number of aromatic nitrogens is 3. The minimum absolute atomic E-state index is 0.726. The first-order chi connectivity index (χ1) is 9.80. The van der Waals surface area contributed by atoms with E-state index in [9.17, 15) is 0 Å². The largest absolute Gasteiger partial charge is 0.314 e. The van der Waals surface area contributed by atoms with E-state index < -0.39 is 0 Å². The SMILES string of the molecule is CNCc1cn(CCN2CCC3(CCCC3)CC2)nn1. The molecular formula is C15H27N5. The molecule has 1 saturated heterocycles. The standard InChI is InChI=1S/C15H27N5/c1-16-12-14-13-20(18-17-14)11-10-19-8-6-15(7-9-19)4-2-3-5-15/h13,16H,2-12H2,1H3. The normalized spacial score (nSPS) is 22.6. The van der Waals surface area contributed by atoms with Crippen LogP contribution in [-0.4, -0.2) is 46.6 Å². The van der Waals surface area contributed by atoms with Gasteiger partial charge in [0, 0.05) is 19.3 Å². The van der Waals surface area contributed by atoms with Gasteiger partial charge in [0.2, 0.25) is 0 Å². The maximum absolute atomic E-state index is 4.19. The summed E-state index contributed by atoms with van der Waals surface area (Å²) in [7, 11) is 1.94. The number of nitrogens with one attached hydrogen (secondary N) is 1. The minimum Gasteiger partial charge on any atom is -0.314 e. The topological polar surface area (TPSA) is 46.0 Å². The number of hydrogen-bond donors (Lipinski definition) is 1. The number of piperidine rings is 1. The van der Waals surface area contributed by atoms with Crippen LogP contribution in [0.2, 0.25) is 0 Å². The second-order valence-electron chi connectivity index (χ2n) is 6.55. The fraction of sp³-hybridized carbons (Fsp3) is 0.867. The average molecular weight is 277 g/mol. The maximum atomic E-state index is 4.19. The summed E-state index contributed by atoms with van der Waals surface area (Å²) in [6, 6.07) is 0. The van der Waals surface area contributed by atoms with Crippen LogP contribution in [0.4, 0.5) is 0 Å². The molecule has 3 rings (SSSR count). The lowest BCUT2D eigenvalue weighted by molar-refractivity contribution is 0.105. The van der Waals surface area contributed by atoms with E-state index in [2.05, 4.69) is 26.7 Å². The van der Waals surface area contributed by atoms with Crippen LogP contribution >= 0.6 is 0 Å². The smallest absolute Gasteiger partial charge is 0.0964 e.